The fourth-order valence-corrected chi connectivity index (χ4v) is 2.76. The number of rotatable bonds is 4. The predicted molar refractivity (Wildman–Crippen MR) is 64.3 cm³/mol. The summed E-state index contributed by atoms with van der Waals surface area (Å²) >= 11 is 0. The Morgan fingerprint density at radius 2 is 2.19 bits per heavy atom. The fourth-order valence-electron chi connectivity index (χ4n) is 2.76. The highest BCUT2D eigenvalue weighted by Crippen LogP contribution is 2.29. The largest absolute Gasteiger partial charge is 0.392 e. The van der Waals surface area contributed by atoms with Crippen LogP contribution in [0.4, 0.5) is 0 Å². The minimum atomic E-state index is -0.177. The standard InChI is InChI=1S/C13H22N2O/c1-3-15-12(8-10(2)14-15)9-13(16)11-6-4-5-7-11/h8,11,13,16H,3-7,9H2,1-2H3. The Morgan fingerprint density at radius 1 is 1.50 bits per heavy atom. The van der Waals surface area contributed by atoms with Crippen LogP contribution in [0, 0.1) is 12.8 Å². The molecule has 1 N–H and O–H groups in total. The Kier molecular flexibility index (Phi) is 3.64. The molecule has 3 heteroatoms. The van der Waals surface area contributed by atoms with E-state index in [1.807, 2.05) is 11.6 Å². The molecule has 1 aliphatic carbocycles. The van der Waals surface area contributed by atoms with Gasteiger partial charge in [0.15, 0.2) is 0 Å². The number of aliphatic hydroxyl groups is 1. The average molecular weight is 222 g/mol. The molecule has 1 atom stereocenters. The zero-order valence-electron chi connectivity index (χ0n) is 10.3. The van der Waals surface area contributed by atoms with E-state index in [2.05, 4.69) is 18.1 Å². The van der Waals surface area contributed by atoms with Gasteiger partial charge < -0.3 is 5.11 Å². The summed E-state index contributed by atoms with van der Waals surface area (Å²) in [7, 11) is 0. The van der Waals surface area contributed by atoms with Gasteiger partial charge in [0.25, 0.3) is 0 Å². The molecule has 0 saturated heterocycles. The van der Waals surface area contributed by atoms with Crippen molar-refractivity contribution in [3.8, 4) is 0 Å². The van der Waals surface area contributed by atoms with Gasteiger partial charge in [-0.05, 0) is 38.7 Å². The molecule has 1 fully saturated rings. The van der Waals surface area contributed by atoms with Gasteiger partial charge in [0.1, 0.15) is 0 Å². The summed E-state index contributed by atoms with van der Waals surface area (Å²) < 4.78 is 2.01. The maximum atomic E-state index is 10.2. The van der Waals surface area contributed by atoms with Crippen molar-refractivity contribution in [1.82, 2.24) is 9.78 Å². The zero-order chi connectivity index (χ0) is 11.5. The van der Waals surface area contributed by atoms with E-state index in [0.29, 0.717) is 5.92 Å². The number of nitrogens with zero attached hydrogens (tertiary/aromatic N) is 2. The lowest BCUT2D eigenvalue weighted by molar-refractivity contribution is 0.109. The lowest BCUT2D eigenvalue weighted by Crippen LogP contribution is -2.22. The van der Waals surface area contributed by atoms with Gasteiger partial charge in [-0.3, -0.25) is 4.68 Å². The van der Waals surface area contributed by atoms with Crippen LogP contribution in [0.3, 0.4) is 0 Å². The molecule has 0 amide bonds. The number of hydrogen-bond donors (Lipinski definition) is 1. The van der Waals surface area contributed by atoms with Gasteiger partial charge in [0.05, 0.1) is 11.8 Å². The third-order valence-corrected chi connectivity index (χ3v) is 3.65. The molecule has 0 bridgehead atoms. The molecule has 0 aliphatic heterocycles. The summed E-state index contributed by atoms with van der Waals surface area (Å²) in [6.45, 7) is 5.00. The van der Waals surface area contributed by atoms with E-state index in [9.17, 15) is 5.11 Å². The molecule has 0 aromatic carbocycles. The number of hydrogen-bond acceptors (Lipinski definition) is 2. The fraction of sp³-hybridized carbons (Fsp3) is 0.769. The van der Waals surface area contributed by atoms with E-state index in [4.69, 9.17) is 0 Å². The Bertz CT molecular complexity index is 340. The van der Waals surface area contributed by atoms with E-state index in [-0.39, 0.29) is 6.10 Å². The monoisotopic (exact) mass is 222 g/mol. The molecule has 1 aliphatic rings. The summed E-state index contributed by atoms with van der Waals surface area (Å²) in [6, 6.07) is 2.10. The minimum Gasteiger partial charge on any atom is -0.392 e. The molecule has 1 saturated carbocycles. The van der Waals surface area contributed by atoms with E-state index in [1.165, 1.54) is 31.4 Å². The van der Waals surface area contributed by atoms with Gasteiger partial charge in [-0.25, -0.2) is 0 Å². The average Bonchev–Trinajstić information content (AvgIpc) is 2.87. The third kappa shape index (κ3) is 2.46. The Balaban J connectivity index is 2.01. The van der Waals surface area contributed by atoms with Crippen LogP contribution >= 0.6 is 0 Å². The summed E-state index contributed by atoms with van der Waals surface area (Å²) in [5, 5.41) is 14.6. The maximum absolute atomic E-state index is 10.2. The Hall–Kier alpha value is -0.830. The smallest absolute Gasteiger partial charge is 0.0623 e. The normalized spacial score (nSPS) is 19.2. The molecule has 1 aromatic heterocycles. The predicted octanol–water partition coefficient (Wildman–Crippen LogP) is 2.31. The maximum Gasteiger partial charge on any atom is 0.0623 e. The van der Waals surface area contributed by atoms with Gasteiger partial charge in [-0.1, -0.05) is 12.8 Å². The molecule has 16 heavy (non-hydrogen) atoms. The van der Waals surface area contributed by atoms with Gasteiger partial charge in [0, 0.05) is 18.7 Å². The summed E-state index contributed by atoms with van der Waals surface area (Å²) in [6.07, 6.45) is 5.55. The topological polar surface area (TPSA) is 38.0 Å². The van der Waals surface area contributed by atoms with Crippen LogP contribution in [0.25, 0.3) is 0 Å². The number of aromatic nitrogens is 2. The number of aryl methyl sites for hydroxylation is 2. The highest BCUT2D eigenvalue weighted by molar-refractivity contribution is 5.10. The second-order valence-corrected chi connectivity index (χ2v) is 4.91. The van der Waals surface area contributed by atoms with Crippen molar-refractivity contribution in [2.24, 2.45) is 5.92 Å². The lowest BCUT2D eigenvalue weighted by Gasteiger charge is -2.17. The first-order chi connectivity index (χ1) is 7.70. The van der Waals surface area contributed by atoms with E-state index >= 15 is 0 Å². The van der Waals surface area contributed by atoms with Crippen LogP contribution in [-0.2, 0) is 13.0 Å². The molecule has 3 nitrogen and oxygen atoms in total. The van der Waals surface area contributed by atoms with Crippen molar-refractivity contribution in [2.75, 3.05) is 0 Å². The summed E-state index contributed by atoms with van der Waals surface area (Å²) in [5.74, 6) is 0.514. The molecule has 2 rings (SSSR count). The Morgan fingerprint density at radius 3 is 2.81 bits per heavy atom. The van der Waals surface area contributed by atoms with Crippen molar-refractivity contribution in [2.45, 2.75) is 58.6 Å². The van der Waals surface area contributed by atoms with Crippen molar-refractivity contribution in [3.63, 3.8) is 0 Å². The lowest BCUT2D eigenvalue weighted by atomic mass is 9.97. The second kappa shape index (κ2) is 5.00. The van der Waals surface area contributed by atoms with Gasteiger partial charge in [-0.15, -0.1) is 0 Å². The minimum absolute atomic E-state index is 0.177. The van der Waals surface area contributed by atoms with Crippen molar-refractivity contribution in [3.05, 3.63) is 17.5 Å². The van der Waals surface area contributed by atoms with Crippen molar-refractivity contribution >= 4 is 0 Å². The third-order valence-electron chi connectivity index (χ3n) is 3.65. The van der Waals surface area contributed by atoms with E-state index in [1.54, 1.807) is 0 Å². The molecule has 0 radical (unpaired) electrons. The first-order valence-electron chi connectivity index (χ1n) is 6.42. The molecular weight excluding hydrogens is 200 g/mol. The molecule has 90 valence electrons. The first kappa shape index (κ1) is 11.6. The molecular formula is C13H22N2O. The van der Waals surface area contributed by atoms with Crippen LogP contribution in [-0.4, -0.2) is 21.0 Å². The highest BCUT2D eigenvalue weighted by atomic mass is 16.3. The zero-order valence-corrected chi connectivity index (χ0v) is 10.3. The van der Waals surface area contributed by atoms with Crippen molar-refractivity contribution < 1.29 is 5.11 Å². The van der Waals surface area contributed by atoms with E-state index < -0.39 is 0 Å². The van der Waals surface area contributed by atoms with Crippen LogP contribution in [0.1, 0.15) is 44.0 Å². The second-order valence-electron chi connectivity index (χ2n) is 4.91. The van der Waals surface area contributed by atoms with Crippen LogP contribution < -0.4 is 0 Å². The van der Waals surface area contributed by atoms with Crippen LogP contribution in [0.5, 0.6) is 0 Å². The number of aliphatic hydroxyl groups excluding tert-OH is 1. The van der Waals surface area contributed by atoms with Gasteiger partial charge in [-0.2, -0.15) is 5.10 Å². The SMILES string of the molecule is CCn1nc(C)cc1CC(O)C1CCCC1. The van der Waals surface area contributed by atoms with E-state index in [0.717, 1.165) is 18.7 Å². The summed E-state index contributed by atoms with van der Waals surface area (Å²) in [4.78, 5) is 0. The molecule has 1 aromatic rings. The van der Waals surface area contributed by atoms with Crippen molar-refractivity contribution in [1.29, 1.82) is 0 Å². The first-order valence-corrected chi connectivity index (χ1v) is 6.42. The quantitative estimate of drug-likeness (QED) is 0.849. The molecule has 0 spiro atoms. The summed E-state index contributed by atoms with van der Waals surface area (Å²) in [5.41, 5.74) is 2.23. The Labute approximate surface area is 97.5 Å². The van der Waals surface area contributed by atoms with Crippen LogP contribution in [0.15, 0.2) is 6.07 Å². The van der Waals surface area contributed by atoms with Gasteiger partial charge >= 0.3 is 0 Å². The molecule has 1 unspecified atom stereocenters. The van der Waals surface area contributed by atoms with Crippen LogP contribution in [0.2, 0.25) is 0 Å². The van der Waals surface area contributed by atoms with Gasteiger partial charge in [0.2, 0.25) is 0 Å². The highest BCUT2D eigenvalue weighted by Gasteiger charge is 2.24. The molecule has 1 heterocycles.